The van der Waals surface area contributed by atoms with Crippen LogP contribution in [0.25, 0.3) is 11.0 Å². The van der Waals surface area contributed by atoms with Crippen molar-refractivity contribution in [2.24, 2.45) is 0 Å². The molecule has 0 atom stereocenters. The number of aromatic nitrogens is 4. The third-order valence-electron chi connectivity index (χ3n) is 6.37. The summed E-state index contributed by atoms with van der Waals surface area (Å²) in [5, 5.41) is 13.9. The van der Waals surface area contributed by atoms with E-state index in [0.29, 0.717) is 33.0 Å². The summed E-state index contributed by atoms with van der Waals surface area (Å²) in [7, 11) is 0. The van der Waals surface area contributed by atoms with E-state index in [0.717, 1.165) is 31.2 Å². The number of ketones is 1. The molecule has 0 radical (unpaired) electrons. The molecule has 1 fully saturated rings. The van der Waals surface area contributed by atoms with Gasteiger partial charge in [-0.25, -0.2) is 15.0 Å². The molecule has 1 amide bonds. The highest BCUT2D eigenvalue weighted by atomic mass is 35.5. The van der Waals surface area contributed by atoms with Crippen LogP contribution in [0.3, 0.4) is 0 Å². The summed E-state index contributed by atoms with van der Waals surface area (Å²) in [5.41, 5.74) is 2.43. The van der Waals surface area contributed by atoms with E-state index >= 15 is 0 Å². The van der Waals surface area contributed by atoms with Crippen LogP contribution in [-0.4, -0.2) is 42.4 Å². The lowest BCUT2D eigenvalue weighted by molar-refractivity contribution is -0.115. The van der Waals surface area contributed by atoms with Gasteiger partial charge in [-0.3, -0.25) is 9.59 Å². The summed E-state index contributed by atoms with van der Waals surface area (Å²) < 4.78 is 2.03. The zero-order valence-corrected chi connectivity index (χ0v) is 19.7. The van der Waals surface area contributed by atoms with Crippen molar-refractivity contribution in [1.29, 1.82) is 0 Å². The number of anilines is 1. The number of amides is 1. The van der Waals surface area contributed by atoms with E-state index in [9.17, 15) is 14.7 Å². The highest BCUT2D eigenvalue weighted by molar-refractivity contribution is 6.30. The zero-order chi connectivity index (χ0) is 24.4. The van der Waals surface area contributed by atoms with Crippen LogP contribution in [0, 0.1) is 0 Å². The quantitative estimate of drug-likeness (QED) is 0.389. The number of nitrogens with one attached hydrogen (secondary N) is 1. The van der Waals surface area contributed by atoms with E-state index < -0.39 is 0 Å². The number of aliphatic hydroxyl groups is 1. The van der Waals surface area contributed by atoms with Crippen LogP contribution in [0.1, 0.15) is 53.2 Å². The third-order valence-corrected chi connectivity index (χ3v) is 6.62. The lowest BCUT2D eigenvalue weighted by Crippen LogP contribution is -2.20. The predicted octanol–water partition coefficient (Wildman–Crippen LogP) is 4.37. The van der Waals surface area contributed by atoms with Crippen molar-refractivity contribution in [3.05, 3.63) is 83.0 Å². The number of carbonyl (C=O) groups excluding carboxylic acids is 2. The van der Waals surface area contributed by atoms with Gasteiger partial charge in [0.25, 0.3) is 0 Å². The molecule has 8 nitrogen and oxygen atoms in total. The van der Waals surface area contributed by atoms with Crippen molar-refractivity contribution in [1.82, 2.24) is 19.5 Å². The fourth-order valence-electron chi connectivity index (χ4n) is 4.55. The lowest BCUT2D eigenvalue weighted by Gasteiger charge is -2.26. The van der Waals surface area contributed by atoms with Crippen LogP contribution in [0.4, 0.5) is 5.82 Å². The average molecular weight is 490 g/mol. The maximum absolute atomic E-state index is 13.5. The number of nitrogens with zero attached hydrogens (tertiary/aromatic N) is 4. The van der Waals surface area contributed by atoms with Crippen molar-refractivity contribution < 1.29 is 14.7 Å². The van der Waals surface area contributed by atoms with Crippen LogP contribution in [0.2, 0.25) is 5.02 Å². The van der Waals surface area contributed by atoms with E-state index in [2.05, 4.69) is 20.3 Å². The topological polar surface area (TPSA) is 110 Å². The number of rotatable bonds is 6. The van der Waals surface area contributed by atoms with Gasteiger partial charge in [0.15, 0.2) is 5.78 Å². The Morgan fingerprint density at radius 3 is 2.63 bits per heavy atom. The number of carbonyl (C=O) groups is 2. The molecule has 0 spiro atoms. The van der Waals surface area contributed by atoms with Gasteiger partial charge in [-0.2, -0.15) is 0 Å². The first-order chi connectivity index (χ1) is 17.0. The summed E-state index contributed by atoms with van der Waals surface area (Å²) in [6, 6.07) is 10.4. The molecule has 35 heavy (non-hydrogen) atoms. The lowest BCUT2D eigenvalue weighted by atomic mass is 9.93. The molecule has 0 bridgehead atoms. The molecule has 178 valence electrons. The summed E-state index contributed by atoms with van der Waals surface area (Å²) >= 11 is 5.90. The van der Waals surface area contributed by atoms with E-state index in [1.165, 1.54) is 12.5 Å². The van der Waals surface area contributed by atoms with Gasteiger partial charge in [0, 0.05) is 40.6 Å². The Morgan fingerprint density at radius 1 is 1.09 bits per heavy atom. The van der Waals surface area contributed by atoms with Crippen LogP contribution in [0.15, 0.2) is 61.3 Å². The van der Waals surface area contributed by atoms with Crippen LogP contribution in [-0.2, 0) is 11.2 Å². The van der Waals surface area contributed by atoms with Crippen molar-refractivity contribution >= 4 is 40.1 Å². The Kier molecular flexibility index (Phi) is 6.57. The van der Waals surface area contributed by atoms with Gasteiger partial charge in [-0.05, 0) is 55.5 Å². The van der Waals surface area contributed by atoms with E-state index in [-0.39, 0.29) is 30.3 Å². The molecular formula is C26H24ClN5O3. The maximum Gasteiger partial charge on any atom is 0.229 e. The van der Waals surface area contributed by atoms with Gasteiger partial charge >= 0.3 is 0 Å². The molecule has 1 saturated carbocycles. The van der Waals surface area contributed by atoms with Crippen LogP contribution < -0.4 is 5.32 Å². The molecule has 0 unspecified atom stereocenters. The molecule has 1 aliphatic carbocycles. The minimum Gasteiger partial charge on any atom is -0.393 e. The minimum absolute atomic E-state index is 0.164. The number of hydrogen-bond donors (Lipinski definition) is 2. The van der Waals surface area contributed by atoms with Gasteiger partial charge in [0.2, 0.25) is 5.91 Å². The molecule has 3 heterocycles. The van der Waals surface area contributed by atoms with Gasteiger partial charge in [0.05, 0.1) is 18.1 Å². The molecule has 3 aromatic heterocycles. The molecule has 0 aliphatic heterocycles. The molecular weight excluding hydrogens is 466 g/mol. The summed E-state index contributed by atoms with van der Waals surface area (Å²) in [6.45, 7) is 0. The zero-order valence-electron chi connectivity index (χ0n) is 18.9. The van der Waals surface area contributed by atoms with Crippen molar-refractivity contribution in [3.63, 3.8) is 0 Å². The van der Waals surface area contributed by atoms with Gasteiger partial charge < -0.3 is 15.0 Å². The van der Waals surface area contributed by atoms with Crippen molar-refractivity contribution in [3.8, 4) is 0 Å². The molecule has 0 saturated heterocycles. The molecule has 1 aliphatic rings. The second-order valence-corrected chi connectivity index (χ2v) is 9.22. The van der Waals surface area contributed by atoms with Crippen molar-refractivity contribution in [2.75, 3.05) is 5.32 Å². The van der Waals surface area contributed by atoms with E-state index in [1.807, 2.05) is 10.8 Å². The standard InChI is InChI=1S/C26H24ClN5O3/c27-18-3-1-16(2-4-18)11-24(34)31-23-12-17(9-10-29-23)25(35)22-14-32(19-5-7-20(33)8-6-19)26-21(22)13-28-15-30-26/h1-4,9-10,12-15,19-20,33H,5-8,11H2,(H,29,31,34)/t19-,20-. The van der Waals surface area contributed by atoms with Crippen LogP contribution in [0.5, 0.6) is 0 Å². The average Bonchev–Trinajstić information content (AvgIpc) is 3.25. The third kappa shape index (κ3) is 5.08. The Balaban J connectivity index is 1.38. The molecule has 9 heteroatoms. The molecule has 1 aromatic carbocycles. The van der Waals surface area contributed by atoms with Crippen LogP contribution >= 0.6 is 11.6 Å². The Hall–Kier alpha value is -3.62. The minimum atomic E-state index is -0.269. The predicted molar refractivity (Wildman–Crippen MR) is 132 cm³/mol. The first kappa shape index (κ1) is 23.1. The second-order valence-electron chi connectivity index (χ2n) is 8.78. The van der Waals surface area contributed by atoms with Gasteiger partial charge in [-0.1, -0.05) is 23.7 Å². The highest BCUT2D eigenvalue weighted by Crippen LogP contribution is 2.33. The molecule has 2 N–H and O–H groups in total. The fraction of sp³-hybridized carbons (Fsp3) is 0.269. The maximum atomic E-state index is 13.5. The number of hydrogen-bond acceptors (Lipinski definition) is 6. The smallest absolute Gasteiger partial charge is 0.229 e. The summed E-state index contributed by atoms with van der Waals surface area (Å²) in [6.07, 6.45) is 9.46. The summed E-state index contributed by atoms with van der Waals surface area (Å²) in [4.78, 5) is 38.8. The highest BCUT2D eigenvalue weighted by Gasteiger charge is 2.25. The van der Waals surface area contributed by atoms with Gasteiger partial charge in [0.1, 0.15) is 17.8 Å². The summed E-state index contributed by atoms with van der Waals surface area (Å²) in [5.74, 6) is -0.139. The van der Waals surface area contributed by atoms with Crippen molar-refractivity contribution in [2.45, 2.75) is 44.2 Å². The molecule has 4 aromatic rings. The second kappa shape index (κ2) is 9.93. The largest absolute Gasteiger partial charge is 0.393 e. The Morgan fingerprint density at radius 2 is 1.86 bits per heavy atom. The number of aliphatic hydroxyl groups excluding tert-OH is 1. The number of pyridine rings is 1. The Labute approximate surface area is 207 Å². The molecule has 5 rings (SSSR count). The number of benzene rings is 1. The number of halogens is 1. The first-order valence-corrected chi connectivity index (χ1v) is 11.9. The van der Waals surface area contributed by atoms with E-state index in [1.54, 1.807) is 42.6 Å². The van der Waals surface area contributed by atoms with E-state index in [4.69, 9.17) is 11.6 Å². The van der Waals surface area contributed by atoms with Gasteiger partial charge in [-0.15, -0.1) is 0 Å². The Bertz CT molecular complexity index is 1380. The normalized spacial score (nSPS) is 17.9. The SMILES string of the molecule is O=C(Cc1ccc(Cl)cc1)Nc1cc(C(=O)c2cn([C@H]3CC[C@H](O)CC3)c3ncncc23)ccn1. The fourth-order valence-corrected chi connectivity index (χ4v) is 4.68. The monoisotopic (exact) mass is 489 g/mol. The number of fused-ring (bicyclic) bond motifs is 1. The first-order valence-electron chi connectivity index (χ1n) is 11.5.